The standard InChI is InChI=1S/C14H23FN2/c1-5-7-10(2)17(4)14-12(11(3)16)8-6-9-13(14)15/h6,8-11H,5,7,16H2,1-4H3/t10?,11-/m0/s1. The lowest BCUT2D eigenvalue weighted by Crippen LogP contribution is -2.31. The van der Waals surface area contributed by atoms with E-state index < -0.39 is 0 Å². The molecule has 2 N–H and O–H groups in total. The number of nitrogens with two attached hydrogens (primary N) is 1. The van der Waals surface area contributed by atoms with Crippen LogP contribution in [-0.2, 0) is 0 Å². The molecule has 0 amide bonds. The quantitative estimate of drug-likeness (QED) is 0.851. The summed E-state index contributed by atoms with van der Waals surface area (Å²) >= 11 is 0. The molecule has 0 bridgehead atoms. The Morgan fingerprint density at radius 1 is 1.35 bits per heavy atom. The van der Waals surface area contributed by atoms with Crippen molar-refractivity contribution in [2.45, 2.75) is 45.7 Å². The van der Waals surface area contributed by atoms with Gasteiger partial charge in [-0.05, 0) is 31.9 Å². The third kappa shape index (κ3) is 3.19. The van der Waals surface area contributed by atoms with Crippen molar-refractivity contribution in [3.05, 3.63) is 29.6 Å². The van der Waals surface area contributed by atoms with Crippen molar-refractivity contribution in [3.63, 3.8) is 0 Å². The molecule has 1 rings (SSSR count). The maximum Gasteiger partial charge on any atom is 0.146 e. The van der Waals surface area contributed by atoms with Crippen molar-refractivity contribution >= 4 is 5.69 Å². The molecule has 1 unspecified atom stereocenters. The summed E-state index contributed by atoms with van der Waals surface area (Å²) < 4.78 is 14.0. The minimum Gasteiger partial charge on any atom is -0.369 e. The second-order valence-corrected chi connectivity index (χ2v) is 4.71. The average molecular weight is 238 g/mol. The topological polar surface area (TPSA) is 29.3 Å². The Morgan fingerprint density at radius 3 is 2.53 bits per heavy atom. The van der Waals surface area contributed by atoms with Crippen molar-refractivity contribution in [1.29, 1.82) is 0 Å². The van der Waals surface area contributed by atoms with E-state index in [1.807, 2.05) is 24.9 Å². The highest BCUT2D eigenvalue weighted by molar-refractivity contribution is 5.56. The van der Waals surface area contributed by atoms with Crippen LogP contribution in [0.2, 0.25) is 0 Å². The van der Waals surface area contributed by atoms with Gasteiger partial charge in [-0.15, -0.1) is 0 Å². The molecule has 1 aromatic carbocycles. The highest BCUT2D eigenvalue weighted by Gasteiger charge is 2.18. The van der Waals surface area contributed by atoms with Crippen LogP contribution in [0.15, 0.2) is 18.2 Å². The first-order valence-corrected chi connectivity index (χ1v) is 6.25. The Hall–Kier alpha value is -1.09. The second kappa shape index (κ2) is 6.01. The Morgan fingerprint density at radius 2 is 2.00 bits per heavy atom. The van der Waals surface area contributed by atoms with Gasteiger partial charge >= 0.3 is 0 Å². The number of rotatable bonds is 5. The summed E-state index contributed by atoms with van der Waals surface area (Å²) in [4.78, 5) is 2.00. The van der Waals surface area contributed by atoms with Crippen LogP contribution in [0.1, 0.15) is 45.2 Å². The second-order valence-electron chi connectivity index (χ2n) is 4.71. The molecule has 0 saturated heterocycles. The molecule has 96 valence electrons. The van der Waals surface area contributed by atoms with Crippen LogP contribution in [0.5, 0.6) is 0 Å². The van der Waals surface area contributed by atoms with Crippen molar-refractivity contribution in [2.75, 3.05) is 11.9 Å². The molecular weight excluding hydrogens is 215 g/mol. The van der Waals surface area contributed by atoms with Gasteiger partial charge in [0.25, 0.3) is 0 Å². The molecule has 0 aromatic heterocycles. The zero-order chi connectivity index (χ0) is 13.0. The lowest BCUT2D eigenvalue weighted by Gasteiger charge is -2.30. The fraction of sp³-hybridized carbons (Fsp3) is 0.571. The lowest BCUT2D eigenvalue weighted by atomic mass is 10.0. The Balaban J connectivity index is 3.10. The van der Waals surface area contributed by atoms with Gasteiger partial charge in [-0.1, -0.05) is 25.5 Å². The highest BCUT2D eigenvalue weighted by atomic mass is 19.1. The Labute approximate surface area is 104 Å². The summed E-state index contributed by atoms with van der Waals surface area (Å²) in [6, 6.07) is 5.27. The zero-order valence-electron chi connectivity index (χ0n) is 11.2. The van der Waals surface area contributed by atoms with Crippen LogP contribution in [-0.4, -0.2) is 13.1 Å². The number of hydrogen-bond acceptors (Lipinski definition) is 2. The van der Waals surface area contributed by atoms with Gasteiger partial charge in [0.2, 0.25) is 0 Å². The van der Waals surface area contributed by atoms with Crippen LogP contribution in [0.25, 0.3) is 0 Å². The summed E-state index contributed by atoms with van der Waals surface area (Å²) in [5.41, 5.74) is 7.41. The minimum absolute atomic E-state index is 0.156. The van der Waals surface area contributed by atoms with Crippen molar-refractivity contribution in [1.82, 2.24) is 0 Å². The first-order chi connectivity index (χ1) is 7.99. The van der Waals surface area contributed by atoms with E-state index in [-0.39, 0.29) is 11.9 Å². The molecule has 0 saturated carbocycles. The summed E-state index contributed by atoms with van der Waals surface area (Å²) in [6.45, 7) is 6.13. The molecule has 3 heteroatoms. The molecular formula is C14H23FN2. The monoisotopic (exact) mass is 238 g/mol. The van der Waals surface area contributed by atoms with Crippen LogP contribution in [0, 0.1) is 5.82 Å². The number of halogens is 1. The normalized spacial score (nSPS) is 14.5. The predicted molar refractivity (Wildman–Crippen MR) is 71.8 cm³/mol. The largest absolute Gasteiger partial charge is 0.369 e. The smallest absolute Gasteiger partial charge is 0.146 e. The van der Waals surface area contributed by atoms with Crippen LogP contribution >= 0.6 is 0 Å². The Bertz CT molecular complexity index is 363. The highest BCUT2D eigenvalue weighted by Crippen LogP contribution is 2.29. The van der Waals surface area contributed by atoms with E-state index in [2.05, 4.69) is 13.8 Å². The van der Waals surface area contributed by atoms with Crippen LogP contribution in [0.3, 0.4) is 0 Å². The van der Waals surface area contributed by atoms with Crippen LogP contribution < -0.4 is 10.6 Å². The molecule has 2 atom stereocenters. The van der Waals surface area contributed by atoms with E-state index in [1.165, 1.54) is 6.07 Å². The number of para-hydroxylation sites is 1. The maximum absolute atomic E-state index is 14.0. The maximum atomic E-state index is 14.0. The number of nitrogens with zero attached hydrogens (tertiary/aromatic N) is 1. The minimum atomic E-state index is -0.190. The summed E-state index contributed by atoms with van der Waals surface area (Å²) in [7, 11) is 1.94. The molecule has 0 aliphatic rings. The molecule has 0 spiro atoms. The number of hydrogen-bond donors (Lipinski definition) is 1. The molecule has 17 heavy (non-hydrogen) atoms. The van der Waals surface area contributed by atoms with Gasteiger partial charge in [-0.2, -0.15) is 0 Å². The SMILES string of the molecule is CCCC(C)N(C)c1c(F)cccc1[C@H](C)N. The molecule has 2 nitrogen and oxygen atoms in total. The third-order valence-electron chi connectivity index (χ3n) is 3.23. The summed E-state index contributed by atoms with van der Waals surface area (Å²) in [5, 5.41) is 0. The fourth-order valence-corrected chi connectivity index (χ4v) is 2.10. The van der Waals surface area contributed by atoms with E-state index in [0.717, 1.165) is 18.4 Å². The first kappa shape index (κ1) is 14.0. The lowest BCUT2D eigenvalue weighted by molar-refractivity contribution is 0.576. The van der Waals surface area contributed by atoms with Crippen LogP contribution in [0.4, 0.5) is 10.1 Å². The van der Waals surface area contributed by atoms with Crippen molar-refractivity contribution < 1.29 is 4.39 Å². The Kier molecular flexibility index (Phi) is 4.94. The van der Waals surface area contributed by atoms with Gasteiger partial charge in [0.15, 0.2) is 0 Å². The van der Waals surface area contributed by atoms with Gasteiger partial charge in [0.05, 0.1) is 5.69 Å². The number of anilines is 1. The molecule has 0 fully saturated rings. The fourth-order valence-electron chi connectivity index (χ4n) is 2.10. The molecule has 1 aromatic rings. The zero-order valence-corrected chi connectivity index (χ0v) is 11.2. The van der Waals surface area contributed by atoms with Gasteiger partial charge in [-0.3, -0.25) is 0 Å². The van der Waals surface area contributed by atoms with Crippen molar-refractivity contribution in [2.24, 2.45) is 5.73 Å². The van der Waals surface area contributed by atoms with E-state index in [9.17, 15) is 4.39 Å². The van der Waals surface area contributed by atoms with Crippen molar-refractivity contribution in [3.8, 4) is 0 Å². The van der Waals surface area contributed by atoms with Gasteiger partial charge in [0, 0.05) is 19.1 Å². The van der Waals surface area contributed by atoms with E-state index >= 15 is 0 Å². The molecule has 0 radical (unpaired) electrons. The predicted octanol–water partition coefficient (Wildman–Crippen LogP) is 3.47. The van der Waals surface area contributed by atoms with Gasteiger partial charge < -0.3 is 10.6 Å². The van der Waals surface area contributed by atoms with Gasteiger partial charge in [-0.25, -0.2) is 4.39 Å². The molecule has 0 aliphatic carbocycles. The van der Waals surface area contributed by atoms with E-state index in [0.29, 0.717) is 11.7 Å². The summed E-state index contributed by atoms with van der Waals surface area (Å²) in [6.07, 6.45) is 2.14. The molecule has 0 aliphatic heterocycles. The average Bonchev–Trinajstić information content (AvgIpc) is 2.28. The van der Waals surface area contributed by atoms with E-state index in [1.54, 1.807) is 6.07 Å². The van der Waals surface area contributed by atoms with E-state index in [4.69, 9.17) is 5.73 Å². The summed E-state index contributed by atoms with van der Waals surface area (Å²) in [5.74, 6) is -0.190. The molecule has 0 heterocycles. The number of benzene rings is 1. The van der Waals surface area contributed by atoms with Gasteiger partial charge in [0.1, 0.15) is 5.82 Å². The first-order valence-electron chi connectivity index (χ1n) is 6.25. The third-order valence-corrected chi connectivity index (χ3v) is 3.23.